The summed E-state index contributed by atoms with van der Waals surface area (Å²) in [6, 6.07) is 5.57. The van der Waals surface area contributed by atoms with Gasteiger partial charge in [-0.2, -0.15) is 5.10 Å². The molecule has 34 heavy (non-hydrogen) atoms. The molecule has 0 fully saturated rings. The number of halogens is 2. The average molecular weight is 497 g/mol. The lowest BCUT2D eigenvalue weighted by atomic mass is 10.0. The van der Waals surface area contributed by atoms with Gasteiger partial charge in [0.2, 0.25) is 5.91 Å². The van der Waals surface area contributed by atoms with E-state index in [1.165, 1.54) is 6.08 Å². The molecule has 174 valence electrons. The van der Waals surface area contributed by atoms with Crippen LogP contribution in [0.25, 0.3) is 22.0 Å². The minimum absolute atomic E-state index is 0.333. The molecule has 0 aliphatic heterocycles. The maximum atomic E-state index is 11.7. The fraction of sp³-hybridized carbons (Fsp3) is 0.167. The quantitative estimate of drug-likeness (QED) is 0.315. The van der Waals surface area contributed by atoms with Gasteiger partial charge in [-0.15, -0.1) is 0 Å². The largest absolute Gasteiger partial charge is 0.495 e. The molecule has 8 nitrogen and oxygen atoms in total. The van der Waals surface area contributed by atoms with Crippen LogP contribution in [0.2, 0.25) is 10.0 Å². The number of carbonyl (C=O) groups excluding carboxylic acids is 1. The minimum Gasteiger partial charge on any atom is -0.495 e. The van der Waals surface area contributed by atoms with E-state index in [9.17, 15) is 4.79 Å². The van der Waals surface area contributed by atoms with Crippen LogP contribution < -0.4 is 15.4 Å². The van der Waals surface area contributed by atoms with Gasteiger partial charge >= 0.3 is 0 Å². The number of carbonyl (C=O) groups is 1. The lowest BCUT2D eigenvalue weighted by molar-refractivity contribution is -0.111. The second kappa shape index (κ2) is 9.70. The molecule has 0 atom stereocenters. The molecule has 0 radical (unpaired) electrons. The van der Waals surface area contributed by atoms with E-state index in [2.05, 4.69) is 32.3 Å². The van der Waals surface area contributed by atoms with Crippen molar-refractivity contribution in [2.75, 3.05) is 17.7 Å². The van der Waals surface area contributed by atoms with Crippen LogP contribution in [0, 0.1) is 0 Å². The highest BCUT2D eigenvalue weighted by Crippen LogP contribution is 2.42. The summed E-state index contributed by atoms with van der Waals surface area (Å²) < 4.78 is 7.01. The lowest BCUT2D eigenvalue weighted by Crippen LogP contribution is -2.08. The summed E-state index contributed by atoms with van der Waals surface area (Å²) in [5, 5.41) is 12.8. The first kappa shape index (κ1) is 23.5. The fourth-order valence-corrected chi connectivity index (χ4v) is 4.27. The van der Waals surface area contributed by atoms with Gasteiger partial charge in [-0.25, -0.2) is 4.98 Å². The number of rotatable bonds is 7. The van der Waals surface area contributed by atoms with E-state index in [0.29, 0.717) is 44.4 Å². The van der Waals surface area contributed by atoms with Crippen LogP contribution in [0.3, 0.4) is 0 Å². The Balaban J connectivity index is 1.70. The molecule has 1 amide bonds. The first-order chi connectivity index (χ1) is 16.3. The summed E-state index contributed by atoms with van der Waals surface area (Å²) in [5.41, 5.74) is 2.68. The van der Waals surface area contributed by atoms with Gasteiger partial charge in [0, 0.05) is 35.8 Å². The number of anilines is 3. The number of fused-ring (bicyclic) bond motifs is 1. The Morgan fingerprint density at radius 1 is 1.18 bits per heavy atom. The van der Waals surface area contributed by atoms with Gasteiger partial charge in [0.25, 0.3) is 0 Å². The molecule has 0 saturated heterocycles. The van der Waals surface area contributed by atoms with Gasteiger partial charge in [0.1, 0.15) is 17.3 Å². The molecule has 3 heterocycles. The second-order valence-electron chi connectivity index (χ2n) is 7.46. The Labute approximate surface area is 206 Å². The van der Waals surface area contributed by atoms with E-state index in [0.717, 1.165) is 22.8 Å². The van der Waals surface area contributed by atoms with Crippen LogP contribution >= 0.6 is 23.2 Å². The highest BCUT2D eigenvalue weighted by molar-refractivity contribution is 6.40. The Morgan fingerprint density at radius 3 is 2.62 bits per heavy atom. The number of ether oxygens (including phenoxy) is 1. The predicted molar refractivity (Wildman–Crippen MR) is 136 cm³/mol. The number of hydrogen-bond donors (Lipinski definition) is 2. The van der Waals surface area contributed by atoms with Gasteiger partial charge in [-0.1, -0.05) is 36.7 Å². The lowest BCUT2D eigenvalue weighted by Gasteiger charge is -2.15. The number of pyridine rings is 2. The van der Waals surface area contributed by atoms with Crippen LogP contribution in [-0.2, 0) is 18.3 Å². The maximum Gasteiger partial charge on any atom is 0.247 e. The maximum absolute atomic E-state index is 11.7. The summed E-state index contributed by atoms with van der Waals surface area (Å²) in [4.78, 5) is 20.8. The number of hydrogen-bond acceptors (Lipinski definition) is 6. The molecule has 4 rings (SSSR count). The zero-order valence-electron chi connectivity index (χ0n) is 18.8. The van der Waals surface area contributed by atoms with Gasteiger partial charge < -0.3 is 15.4 Å². The Bertz CT molecular complexity index is 1390. The Morgan fingerprint density at radius 2 is 1.91 bits per heavy atom. The van der Waals surface area contributed by atoms with Crippen LogP contribution in [0.5, 0.6) is 5.75 Å². The molecular formula is C24H22Cl2N6O2. The SMILES string of the molecule is C=CC(=O)Nc1cn(C)nc1Nc1cc2cnc(-c3c(Cl)c(CC)cc(OC)c3Cl)cc2cn1. The zero-order valence-corrected chi connectivity index (χ0v) is 20.3. The normalized spacial score (nSPS) is 10.9. The van der Waals surface area contributed by atoms with Crippen molar-refractivity contribution in [2.24, 2.45) is 7.05 Å². The number of aryl methyl sites for hydroxylation is 2. The fourth-order valence-electron chi connectivity index (χ4n) is 3.52. The molecule has 2 N–H and O–H groups in total. The molecule has 0 spiro atoms. The topological polar surface area (TPSA) is 94.0 Å². The van der Waals surface area contributed by atoms with Gasteiger partial charge in [0.15, 0.2) is 5.82 Å². The highest BCUT2D eigenvalue weighted by atomic mass is 35.5. The minimum atomic E-state index is -0.333. The van der Waals surface area contributed by atoms with Crippen molar-refractivity contribution in [3.8, 4) is 17.0 Å². The van der Waals surface area contributed by atoms with Crippen molar-refractivity contribution < 1.29 is 9.53 Å². The molecule has 0 aliphatic carbocycles. The summed E-state index contributed by atoms with van der Waals surface area (Å²) in [7, 11) is 3.33. The van der Waals surface area contributed by atoms with Crippen LogP contribution in [0.1, 0.15) is 12.5 Å². The third-order valence-corrected chi connectivity index (χ3v) is 6.03. The molecule has 0 aliphatic rings. The second-order valence-corrected chi connectivity index (χ2v) is 8.22. The zero-order chi connectivity index (χ0) is 24.4. The number of amides is 1. The van der Waals surface area contributed by atoms with Crippen molar-refractivity contribution in [3.63, 3.8) is 0 Å². The third-order valence-electron chi connectivity index (χ3n) is 5.22. The molecule has 0 unspecified atom stereocenters. The van der Waals surface area contributed by atoms with E-state index in [1.54, 1.807) is 37.4 Å². The van der Waals surface area contributed by atoms with Gasteiger partial charge in [0.05, 0.1) is 29.0 Å². The molecule has 3 aromatic heterocycles. The van der Waals surface area contributed by atoms with E-state index < -0.39 is 0 Å². The van der Waals surface area contributed by atoms with Crippen molar-refractivity contribution in [1.29, 1.82) is 0 Å². The van der Waals surface area contributed by atoms with Crippen LogP contribution in [-0.4, -0.2) is 32.8 Å². The number of methoxy groups -OCH3 is 1. The Hall–Kier alpha value is -3.62. The monoisotopic (exact) mass is 496 g/mol. The molecule has 0 bridgehead atoms. The summed E-state index contributed by atoms with van der Waals surface area (Å²) >= 11 is 13.2. The number of aromatic nitrogens is 4. The van der Waals surface area contributed by atoms with E-state index >= 15 is 0 Å². The first-order valence-electron chi connectivity index (χ1n) is 10.4. The summed E-state index contributed by atoms with van der Waals surface area (Å²) in [6.45, 7) is 5.48. The van der Waals surface area contributed by atoms with Crippen molar-refractivity contribution in [3.05, 3.63) is 65.1 Å². The molecule has 0 saturated carbocycles. The number of nitrogens with one attached hydrogen (secondary N) is 2. The number of benzene rings is 1. The van der Waals surface area contributed by atoms with Crippen molar-refractivity contribution in [2.45, 2.75) is 13.3 Å². The molecular weight excluding hydrogens is 475 g/mol. The van der Waals surface area contributed by atoms with Crippen molar-refractivity contribution in [1.82, 2.24) is 19.7 Å². The molecule has 10 heteroatoms. The van der Waals surface area contributed by atoms with Crippen molar-refractivity contribution >= 4 is 57.2 Å². The highest BCUT2D eigenvalue weighted by Gasteiger charge is 2.19. The first-order valence-corrected chi connectivity index (χ1v) is 11.1. The third kappa shape index (κ3) is 4.55. The average Bonchev–Trinajstić information content (AvgIpc) is 3.17. The predicted octanol–water partition coefficient (Wildman–Crippen LogP) is 5.78. The van der Waals surface area contributed by atoms with Crippen LogP contribution in [0.15, 0.2) is 49.4 Å². The Kier molecular flexibility index (Phi) is 6.72. The summed E-state index contributed by atoms with van der Waals surface area (Å²) in [5.74, 6) is 1.21. The van der Waals surface area contributed by atoms with Gasteiger partial charge in [-0.3, -0.25) is 14.5 Å². The summed E-state index contributed by atoms with van der Waals surface area (Å²) in [6.07, 6.45) is 7.06. The van der Waals surface area contributed by atoms with Crippen LogP contribution in [0.4, 0.5) is 17.3 Å². The van der Waals surface area contributed by atoms with Gasteiger partial charge in [-0.05, 0) is 36.3 Å². The molecule has 4 aromatic rings. The standard InChI is InChI=1S/C24H22Cl2N6O2/c1-5-13-8-18(34-4)23(26)21(22(13)25)16-7-14-11-28-19(9-15(14)10-27-16)30-24-17(12-32(3)31-24)29-20(33)6-2/h6-12H,2,5H2,1,3-4H3,(H,29,33)(H,28,30,31). The van der Waals surface area contributed by atoms with E-state index in [4.69, 9.17) is 27.9 Å². The smallest absolute Gasteiger partial charge is 0.247 e. The van der Waals surface area contributed by atoms with E-state index in [1.807, 2.05) is 25.1 Å². The van der Waals surface area contributed by atoms with E-state index in [-0.39, 0.29) is 5.91 Å². The molecule has 1 aromatic carbocycles. The number of nitrogens with zero attached hydrogens (tertiary/aromatic N) is 4.